The van der Waals surface area contributed by atoms with E-state index in [2.05, 4.69) is 0 Å². The molecule has 1 saturated heterocycles. The monoisotopic (exact) mass is 396 g/mol. The van der Waals surface area contributed by atoms with Crippen LogP contribution in [-0.4, -0.2) is 31.1 Å². The number of nitrogens with one attached hydrogen (secondary N) is 1. The number of rotatable bonds is 4. The van der Waals surface area contributed by atoms with Gasteiger partial charge in [0.15, 0.2) is 0 Å². The van der Waals surface area contributed by atoms with Gasteiger partial charge in [-0.25, -0.2) is 9.52 Å². The average molecular weight is 396 g/mol. The molecule has 0 aromatic heterocycles. The summed E-state index contributed by atoms with van der Waals surface area (Å²) in [5.41, 5.74) is 0.998. The van der Waals surface area contributed by atoms with Gasteiger partial charge in [-0.15, -0.1) is 0 Å². The Bertz CT molecular complexity index is 1170. The van der Waals surface area contributed by atoms with Crippen molar-refractivity contribution in [2.75, 3.05) is 6.54 Å². The molecule has 8 heteroatoms. The standard InChI is InChI=1S/C20H16N2O5S/c23-19-13-22(28(25,26)21-19)12-14-5-7-16(8-6-14)20(24)27-18-10-9-15-3-1-2-4-17(15)11-18/h1-11H,12-13H2,(H,21,23). The van der Waals surface area contributed by atoms with E-state index in [1.54, 1.807) is 36.4 Å². The van der Waals surface area contributed by atoms with Gasteiger partial charge in [-0.05, 0) is 40.6 Å². The first-order valence-corrected chi connectivity index (χ1v) is 9.95. The normalized spacial score (nSPS) is 16.1. The van der Waals surface area contributed by atoms with Crippen molar-refractivity contribution in [2.45, 2.75) is 6.54 Å². The van der Waals surface area contributed by atoms with Gasteiger partial charge in [-0.2, -0.15) is 12.7 Å². The van der Waals surface area contributed by atoms with Crippen molar-refractivity contribution in [3.8, 4) is 5.75 Å². The third-order valence-corrected chi connectivity index (χ3v) is 5.81. The zero-order chi connectivity index (χ0) is 19.7. The van der Waals surface area contributed by atoms with E-state index in [-0.39, 0.29) is 13.1 Å². The van der Waals surface area contributed by atoms with Crippen LogP contribution in [0, 0.1) is 0 Å². The summed E-state index contributed by atoms with van der Waals surface area (Å²) in [6, 6.07) is 19.6. The first kappa shape index (κ1) is 18.1. The number of nitrogens with zero attached hydrogens (tertiary/aromatic N) is 1. The predicted molar refractivity (Wildman–Crippen MR) is 103 cm³/mol. The van der Waals surface area contributed by atoms with E-state index in [0.29, 0.717) is 16.9 Å². The Morgan fingerprint density at radius 2 is 1.71 bits per heavy atom. The van der Waals surface area contributed by atoms with Crippen LogP contribution in [0.2, 0.25) is 0 Å². The molecule has 1 heterocycles. The van der Waals surface area contributed by atoms with Crippen molar-refractivity contribution >= 4 is 32.9 Å². The maximum absolute atomic E-state index is 12.4. The Morgan fingerprint density at radius 3 is 2.39 bits per heavy atom. The van der Waals surface area contributed by atoms with Crippen molar-refractivity contribution < 1.29 is 22.7 Å². The third-order valence-electron chi connectivity index (χ3n) is 4.38. The first-order valence-electron chi connectivity index (χ1n) is 8.51. The summed E-state index contributed by atoms with van der Waals surface area (Å²) in [5, 5.41) is 2.02. The summed E-state index contributed by atoms with van der Waals surface area (Å²) in [4.78, 5) is 23.6. The Hall–Kier alpha value is -3.23. The summed E-state index contributed by atoms with van der Waals surface area (Å²) in [7, 11) is -3.78. The number of ether oxygens (including phenoxy) is 1. The topological polar surface area (TPSA) is 92.8 Å². The van der Waals surface area contributed by atoms with Gasteiger partial charge in [0, 0.05) is 6.54 Å². The number of carbonyl (C=O) groups is 2. The Labute approximate surface area is 161 Å². The molecule has 4 rings (SSSR count). The molecule has 1 aliphatic rings. The molecule has 1 fully saturated rings. The van der Waals surface area contributed by atoms with Crippen LogP contribution in [0.15, 0.2) is 66.7 Å². The molecule has 142 valence electrons. The van der Waals surface area contributed by atoms with Crippen molar-refractivity contribution in [2.24, 2.45) is 0 Å². The lowest BCUT2D eigenvalue weighted by molar-refractivity contribution is -0.118. The van der Waals surface area contributed by atoms with Gasteiger partial charge in [-0.3, -0.25) is 4.79 Å². The van der Waals surface area contributed by atoms with E-state index in [1.165, 1.54) is 0 Å². The lowest BCUT2D eigenvalue weighted by Crippen LogP contribution is -2.29. The van der Waals surface area contributed by atoms with E-state index in [1.807, 2.05) is 35.1 Å². The van der Waals surface area contributed by atoms with Crippen LogP contribution in [0.25, 0.3) is 10.8 Å². The van der Waals surface area contributed by atoms with E-state index in [9.17, 15) is 18.0 Å². The van der Waals surface area contributed by atoms with Gasteiger partial charge in [-0.1, -0.05) is 42.5 Å². The van der Waals surface area contributed by atoms with Crippen LogP contribution in [0.1, 0.15) is 15.9 Å². The van der Waals surface area contributed by atoms with Crippen molar-refractivity contribution in [3.63, 3.8) is 0 Å². The zero-order valence-electron chi connectivity index (χ0n) is 14.7. The van der Waals surface area contributed by atoms with Crippen LogP contribution in [0.3, 0.4) is 0 Å². The van der Waals surface area contributed by atoms with E-state index >= 15 is 0 Å². The molecule has 28 heavy (non-hydrogen) atoms. The van der Waals surface area contributed by atoms with Crippen molar-refractivity contribution in [3.05, 3.63) is 77.9 Å². The molecule has 0 aliphatic carbocycles. The fourth-order valence-electron chi connectivity index (χ4n) is 2.97. The molecule has 0 bridgehead atoms. The van der Waals surface area contributed by atoms with Crippen LogP contribution in [0.5, 0.6) is 5.75 Å². The van der Waals surface area contributed by atoms with Crippen LogP contribution >= 0.6 is 0 Å². The minimum Gasteiger partial charge on any atom is -0.423 e. The molecule has 0 spiro atoms. The predicted octanol–water partition coefficient (Wildman–Crippen LogP) is 2.24. The zero-order valence-corrected chi connectivity index (χ0v) is 15.5. The molecule has 3 aromatic rings. The van der Waals surface area contributed by atoms with Gasteiger partial charge < -0.3 is 4.74 Å². The number of hydrogen-bond donors (Lipinski definition) is 1. The average Bonchev–Trinajstić information content (AvgIpc) is 2.93. The molecule has 1 N–H and O–H groups in total. The highest BCUT2D eigenvalue weighted by Crippen LogP contribution is 2.21. The second kappa shape index (κ2) is 7.06. The van der Waals surface area contributed by atoms with Crippen LogP contribution < -0.4 is 9.46 Å². The van der Waals surface area contributed by atoms with Gasteiger partial charge in [0.1, 0.15) is 5.75 Å². The van der Waals surface area contributed by atoms with Gasteiger partial charge in [0.2, 0.25) is 5.91 Å². The molecular formula is C20H16N2O5S. The Morgan fingerprint density at radius 1 is 1.00 bits per heavy atom. The SMILES string of the molecule is O=C1CN(Cc2ccc(C(=O)Oc3ccc4ccccc4c3)cc2)S(=O)(=O)N1. The molecule has 0 saturated carbocycles. The highest BCUT2D eigenvalue weighted by atomic mass is 32.2. The quantitative estimate of drug-likeness (QED) is 0.539. The maximum atomic E-state index is 12.4. The number of benzene rings is 3. The highest BCUT2D eigenvalue weighted by molar-refractivity contribution is 7.88. The molecule has 0 unspecified atom stereocenters. The van der Waals surface area contributed by atoms with Gasteiger partial charge >= 0.3 is 16.2 Å². The molecule has 1 amide bonds. The molecule has 7 nitrogen and oxygen atoms in total. The molecular weight excluding hydrogens is 380 g/mol. The number of esters is 1. The second-order valence-electron chi connectivity index (χ2n) is 6.39. The summed E-state index contributed by atoms with van der Waals surface area (Å²) in [5.74, 6) is -0.622. The van der Waals surface area contributed by atoms with E-state index in [0.717, 1.165) is 15.1 Å². The van der Waals surface area contributed by atoms with Crippen LogP contribution in [-0.2, 0) is 21.5 Å². The molecule has 0 atom stereocenters. The minimum atomic E-state index is -3.78. The van der Waals surface area contributed by atoms with Crippen molar-refractivity contribution in [1.29, 1.82) is 0 Å². The fraction of sp³-hybridized carbons (Fsp3) is 0.100. The largest absolute Gasteiger partial charge is 0.423 e. The second-order valence-corrected chi connectivity index (χ2v) is 8.06. The number of carbonyl (C=O) groups excluding carboxylic acids is 2. The lowest BCUT2D eigenvalue weighted by atomic mass is 10.1. The molecule has 3 aromatic carbocycles. The van der Waals surface area contributed by atoms with Crippen molar-refractivity contribution in [1.82, 2.24) is 9.03 Å². The maximum Gasteiger partial charge on any atom is 0.343 e. The van der Waals surface area contributed by atoms with E-state index in [4.69, 9.17) is 4.74 Å². The Balaban J connectivity index is 1.45. The van der Waals surface area contributed by atoms with Gasteiger partial charge in [0.25, 0.3) is 0 Å². The molecule has 1 aliphatic heterocycles. The number of hydrogen-bond acceptors (Lipinski definition) is 5. The lowest BCUT2D eigenvalue weighted by Gasteiger charge is -2.12. The van der Waals surface area contributed by atoms with Gasteiger partial charge in [0.05, 0.1) is 12.1 Å². The summed E-state index contributed by atoms with van der Waals surface area (Å²) in [6.45, 7) is -0.171. The highest BCUT2D eigenvalue weighted by Gasteiger charge is 2.33. The number of amides is 1. The summed E-state index contributed by atoms with van der Waals surface area (Å²) in [6.07, 6.45) is 0. The van der Waals surface area contributed by atoms with E-state index < -0.39 is 22.1 Å². The fourth-order valence-corrected chi connectivity index (χ4v) is 4.06. The summed E-state index contributed by atoms with van der Waals surface area (Å²) < 4.78 is 31.9. The first-order chi connectivity index (χ1) is 13.4. The Kier molecular flexibility index (Phi) is 4.58. The smallest absolute Gasteiger partial charge is 0.343 e. The minimum absolute atomic E-state index is 0.0427. The number of fused-ring (bicyclic) bond motifs is 1. The molecule has 0 radical (unpaired) electrons. The third kappa shape index (κ3) is 3.73. The summed E-state index contributed by atoms with van der Waals surface area (Å²) >= 11 is 0. The van der Waals surface area contributed by atoms with Crippen LogP contribution in [0.4, 0.5) is 0 Å².